The zero-order valence-electron chi connectivity index (χ0n) is 8.73. The molecule has 1 nitrogen and oxygen atoms in total. The summed E-state index contributed by atoms with van der Waals surface area (Å²) in [5.41, 5.74) is 2.26. The molecule has 0 fully saturated rings. The second-order valence-electron chi connectivity index (χ2n) is 3.22. The lowest BCUT2D eigenvalue weighted by molar-refractivity contribution is 0.341. The molecule has 2 aromatic rings. The molecule has 0 saturated heterocycles. The highest BCUT2D eigenvalue weighted by Gasteiger charge is 2.03. The summed E-state index contributed by atoms with van der Waals surface area (Å²) in [5, 5.41) is 0. The molecule has 0 aromatic heterocycles. The summed E-state index contributed by atoms with van der Waals surface area (Å²) in [6.07, 6.45) is 0. The van der Waals surface area contributed by atoms with E-state index in [1.807, 2.05) is 43.3 Å². The molecule has 0 atom stereocenters. The summed E-state index contributed by atoms with van der Waals surface area (Å²) < 4.78 is 5.58. The van der Waals surface area contributed by atoms with E-state index in [0.29, 0.717) is 6.61 Å². The van der Waals surface area contributed by atoms with Crippen LogP contribution in [0.1, 0.15) is 6.92 Å². The molecule has 2 rings (SSSR count). The second-order valence-corrected chi connectivity index (χ2v) is 3.22. The van der Waals surface area contributed by atoms with Crippen molar-refractivity contribution in [2.45, 2.75) is 6.92 Å². The standard InChI is InChI=1S/C14H13O/c1-2-15-14-11-7-6-10-13(14)12-8-4-3-5-9-12/h3-4,6-11H,2H2,1H3. The maximum Gasteiger partial charge on any atom is 0.127 e. The van der Waals surface area contributed by atoms with E-state index in [0.717, 1.165) is 16.9 Å². The summed E-state index contributed by atoms with van der Waals surface area (Å²) >= 11 is 0. The van der Waals surface area contributed by atoms with Crippen molar-refractivity contribution in [1.82, 2.24) is 0 Å². The minimum atomic E-state index is 0.688. The summed E-state index contributed by atoms with van der Waals surface area (Å²) in [7, 11) is 0. The molecule has 0 bridgehead atoms. The van der Waals surface area contributed by atoms with E-state index in [4.69, 9.17) is 4.74 Å². The van der Waals surface area contributed by atoms with Crippen molar-refractivity contribution in [1.29, 1.82) is 0 Å². The van der Waals surface area contributed by atoms with Crippen LogP contribution in [0.4, 0.5) is 0 Å². The van der Waals surface area contributed by atoms with Crippen LogP contribution in [-0.4, -0.2) is 6.61 Å². The van der Waals surface area contributed by atoms with Gasteiger partial charge in [-0.2, -0.15) is 0 Å². The van der Waals surface area contributed by atoms with Crippen LogP contribution in [0.3, 0.4) is 0 Å². The first-order chi connectivity index (χ1) is 7.42. The Hall–Kier alpha value is -1.76. The van der Waals surface area contributed by atoms with E-state index in [2.05, 4.69) is 18.2 Å². The first kappa shape index (κ1) is 9.78. The van der Waals surface area contributed by atoms with Gasteiger partial charge in [0, 0.05) is 5.56 Å². The topological polar surface area (TPSA) is 9.23 Å². The van der Waals surface area contributed by atoms with Crippen molar-refractivity contribution in [3.05, 3.63) is 54.6 Å². The molecule has 0 N–H and O–H groups in total. The van der Waals surface area contributed by atoms with Crippen molar-refractivity contribution in [2.75, 3.05) is 6.61 Å². The Labute approximate surface area is 90.3 Å². The number of hydrogen-bond donors (Lipinski definition) is 0. The average molecular weight is 197 g/mol. The Morgan fingerprint density at radius 2 is 2.00 bits per heavy atom. The van der Waals surface area contributed by atoms with Gasteiger partial charge in [0.1, 0.15) is 5.75 Å². The fraction of sp³-hybridized carbons (Fsp3) is 0.143. The molecule has 0 amide bonds. The third-order valence-electron chi connectivity index (χ3n) is 2.20. The Morgan fingerprint density at radius 3 is 2.73 bits per heavy atom. The second kappa shape index (κ2) is 4.65. The molecule has 0 unspecified atom stereocenters. The molecule has 1 heteroatoms. The maximum atomic E-state index is 5.58. The Bertz CT molecular complexity index is 420. The zero-order chi connectivity index (χ0) is 10.5. The summed E-state index contributed by atoms with van der Waals surface area (Å²) in [5.74, 6) is 0.930. The van der Waals surface area contributed by atoms with Crippen molar-refractivity contribution in [3.63, 3.8) is 0 Å². The van der Waals surface area contributed by atoms with Crippen LogP contribution in [-0.2, 0) is 0 Å². The van der Waals surface area contributed by atoms with Crippen molar-refractivity contribution < 1.29 is 4.74 Å². The van der Waals surface area contributed by atoms with E-state index in [1.54, 1.807) is 0 Å². The van der Waals surface area contributed by atoms with Crippen molar-refractivity contribution in [2.24, 2.45) is 0 Å². The Balaban J connectivity index is 2.43. The molecular weight excluding hydrogens is 184 g/mol. The Morgan fingerprint density at radius 1 is 1.13 bits per heavy atom. The van der Waals surface area contributed by atoms with Gasteiger partial charge in [0.15, 0.2) is 0 Å². The number of hydrogen-bond acceptors (Lipinski definition) is 1. The van der Waals surface area contributed by atoms with Gasteiger partial charge in [-0.1, -0.05) is 36.4 Å². The number of para-hydroxylation sites is 1. The molecular formula is C14H13O. The fourth-order valence-electron chi connectivity index (χ4n) is 1.55. The minimum Gasteiger partial charge on any atom is -0.493 e. The van der Waals surface area contributed by atoms with Gasteiger partial charge < -0.3 is 4.74 Å². The molecule has 1 radical (unpaired) electrons. The average Bonchev–Trinajstić information content (AvgIpc) is 2.31. The van der Waals surface area contributed by atoms with Crippen LogP contribution in [0.5, 0.6) is 5.75 Å². The van der Waals surface area contributed by atoms with Crippen LogP contribution < -0.4 is 4.74 Å². The molecule has 0 aliphatic carbocycles. The van der Waals surface area contributed by atoms with Gasteiger partial charge in [-0.3, -0.25) is 0 Å². The lowest BCUT2D eigenvalue weighted by Crippen LogP contribution is -1.93. The van der Waals surface area contributed by atoms with Gasteiger partial charge in [0.25, 0.3) is 0 Å². The van der Waals surface area contributed by atoms with E-state index in [-0.39, 0.29) is 0 Å². The molecule has 15 heavy (non-hydrogen) atoms. The molecule has 0 saturated carbocycles. The third kappa shape index (κ3) is 2.18. The van der Waals surface area contributed by atoms with E-state index in [9.17, 15) is 0 Å². The van der Waals surface area contributed by atoms with E-state index in [1.165, 1.54) is 0 Å². The molecule has 2 aromatic carbocycles. The van der Waals surface area contributed by atoms with Crippen molar-refractivity contribution >= 4 is 0 Å². The van der Waals surface area contributed by atoms with Gasteiger partial charge in [-0.05, 0) is 30.7 Å². The lowest BCUT2D eigenvalue weighted by Gasteiger charge is -2.09. The minimum absolute atomic E-state index is 0.688. The van der Waals surface area contributed by atoms with Crippen LogP contribution in [0.15, 0.2) is 48.5 Å². The van der Waals surface area contributed by atoms with Crippen LogP contribution in [0.25, 0.3) is 11.1 Å². The number of rotatable bonds is 3. The van der Waals surface area contributed by atoms with Gasteiger partial charge in [-0.25, -0.2) is 0 Å². The first-order valence-corrected chi connectivity index (χ1v) is 5.10. The quantitative estimate of drug-likeness (QED) is 0.731. The fourth-order valence-corrected chi connectivity index (χ4v) is 1.55. The number of benzene rings is 2. The Kier molecular flexibility index (Phi) is 3.03. The van der Waals surface area contributed by atoms with Gasteiger partial charge in [-0.15, -0.1) is 0 Å². The molecule has 0 spiro atoms. The third-order valence-corrected chi connectivity index (χ3v) is 2.20. The molecule has 0 aliphatic heterocycles. The highest BCUT2D eigenvalue weighted by Crippen LogP contribution is 2.29. The zero-order valence-corrected chi connectivity index (χ0v) is 8.73. The SMILES string of the molecule is CCOc1ccccc1-c1c[c]ccc1. The van der Waals surface area contributed by atoms with Gasteiger partial charge >= 0.3 is 0 Å². The highest BCUT2D eigenvalue weighted by atomic mass is 16.5. The van der Waals surface area contributed by atoms with Crippen LogP contribution in [0.2, 0.25) is 0 Å². The predicted octanol–water partition coefficient (Wildman–Crippen LogP) is 3.55. The van der Waals surface area contributed by atoms with E-state index < -0.39 is 0 Å². The summed E-state index contributed by atoms with van der Waals surface area (Å²) in [4.78, 5) is 0. The number of ether oxygens (including phenoxy) is 1. The highest BCUT2D eigenvalue weighted by molar-refractivity contribution is 5.70. The maximum absolute atomic E-state index is 5.58. The summed E-state index contributed by atoms with van der Waals surface area (Å²) in [6.45, 7) is 2.68. The predicted molar refractivity (Wildman–Crippen MR) is 61.9 cm³/mol. The van der Waals surface area contributed by atoms with Gasteiger partial charge in [0.05, 0.1) is 6.61 Å². The summed E-state index contributed by atoms with van der Waals surface area (Å²) in [6, 6.07) is 19.0. The molecule has 0 aliphatic rings. The molecule has 0 heterocycles. The van der Waals surface area contributed by atoms with E-state index >= 15 is 0 Å². The van der Waals surface area contributed by atoms with Crippen molar-refractivity contribution in [3.8, 4) is 16.9 Å². The normalized spacial score (nSPS) is 9.93. The first-order valence-electron chi connectivity index (χ1n) is 5.10. The monoisotopic (exact) mass is 197 g/mol. The van der Waals surface area contributed by atoms with Crippen LogP contribution in [0, 0.1) is 6.07 Å². The smallest absolute Gasteiger partial charge is 0.127 e. The largest absolute Gasteiger partial charge is 0.493 e. The van der Waals surface area contributed by atoms with Gasteiger partial charge in [0.2, 0.25) is 0 Å². The van der Waals surface area contributed by atoms with Crippen LogP contribution >= 0.6 is 0 Å². The molecule has 75 valence electrons. The lowest BCUT2D eigenvalue weighted by atomic mass is 10.1.